The van der Waals surface area contributed by atoms with Crippen molar-refractivity contribution >= 4 is 21.9 Å². The van der Waals surface area contributed by atoms with E-state index in [4.69, 9.17) is 9.47 Å². The van der Waals surface area contributed by atoms with Gasteiger partial charge < -0.3 is 9.47 Å². The van der Waals surface area contributed by atoms with E-state index in [1.807, 2.05) is 6.92 Å². The van der Waals surface area contributed by atoms with Crippen LogP contribution in [-0.2, 0) is 14.3 Å². The molecule has 0 aliphatic heterocycles. The Balaban J connectivity index is 4.00. The number of hydrogen-bond donors (Lipinski definition) is 0. The Bertz CT molecular complexity index is 419. The molecule has 0 fully saturated rings. The predicted octanol–water partition coefficient (Wildman–Crippen LogP) is 7.21. The predicted molar refractivity (Wildman–Crippen MR) is 107 cm³/mol. The molecule has 0 aromatic carbocycles. The van der Waals surface area contributed by atoms with Crippen LogP contribution < -0.4 is 0 Å². The summed E-state index contributed by atoms with van der Waals surface area (Å²) in [6.45, 7) is 2.62. The highest BCUT2D eigenvalue weighted by molar-refractivity contribution is 9.09. The number of halogens is 6. The first-order chi connectivity index (χ1) is 13.7. The molecule has 0 aliphatic carbocycles. The quantitative estimate of drug-likeness (QED) is 0.0869. The first-order valence-electron chi connectivity index (χ1n) is 10.4. The van der Waals surface area contributed by atoms with Crippen LogP contribution in [0.1, 0.15) is 84.0 Å². The maximum Gasteiger partial charge on any atom is 0.453 e. The molecule has 0 saturated carbocycles. The summed E-state index contributed by atoms with van der Waals surface area (Å²) in [5, 5.41) is 0.963. The van der Waals surface area contributed by atoms with Crippen molar-refractivity contribution in [2.75, 3.05) is 18.5 Å². The maximum absolute atomic E-state index is 12.8. The molecule has 0 bridgehead atoms. The van der Waals surface area contributed by atoms with E-state index < -0.39 is 24.6 Å². The summed E-state index contributed by atoms with van der Waals surface area (Å²) in [5.74, 6) is -5.02. The number of hydrogen-bond acceptors (Lipinski definition) is 3. The Labute approximate surface area is 179 Å². The molecular weight excluding hydrogens is 463 g/mol. The van der Waals surface area contributed by atoms with Gasteiger partial charge in [0.15, 0.2) is 6.10 Å². The minimum atomic E-state index is -5.49. The molecule has 0 rings (SSSR count). The molecule has 0 amide bonds. The zero-order chi connectivity index (χ0) is 22.2. The standard InChI is InChI=1S/C20H34BrF5O3/c1-2-3-12-17(18(27)29-16-11-7-5-9-14-21)28-15-10-6-4-8-13-19(22,23)20(24,25)26/h17H,2-16H2,1H3. The largest absolute Gasteiger partial charge is 0.464 e. The van der Waals surface area contributed by atoms with Crippen molar-refractivity contribution in [2.45, 2.75) is 102 Å². The monoisotopic (exact) mass is 496 g/mol. The topological polar surface area (TPSA) is 35.5 Å². The number of alkyl halides is 6. The van der Waals surface area contributed by atoms with Crippen molar-refractivity contribution in [1.29, 1.82) is 0 Å². The zero-order valence-corrected chi connectivity index (χ0v) is 18.8. The highest BCUT2D eigenvalue weighted by Crippen LogP contribution is 2.39. The Morgan fingerprint density at radius 3 is 2.03 bits per heavy atom. The number of rotatable bonds is 18. The average Bonchev–Trinajstić information content (AvgIpc) is 2.65. The van der Waals surface area contributed by atoms with Crippen LogP contribution in [0.15, 0.2) is 0 Å². The second kappa shape index (κ2) is 16.3. The normalized spacial score (nSPS) is 13.5. The maximum atomic E-state index is 12.8. The summed E-state index contributed by atoms with van der Waals surface area (Å²) in [6.07, 6.45) is -0.0667. The molecule has 0 N–H and O–H groups in total. The number of unbranched alkanes of at least 4 members (excludes halogenated alkanes) is 7. The molecular formula is C20H34BrF5O3. The molecule has 1 unspecified atom stereocenters. The lowest BCUT2D eigenvalue weighted by atomic mass is 10.1. The van der Waals surface area contributed by atoms with Crippen molar-refractivity contribution in [1.82, 2.24) is 0 Å². The van der Waals surface area contributed by atoms with Gasteiger partial charge in [-0.25, -0.2) is 4.79 Å². The van der Waals surface area contributed by atoms with Crippen LogP contribution in [0.4, 0.5) is 22.0 Å². The summed E-state index contributed by atoms with van der Waals surface area (Å²) < 4.78 is 72.7. The van der Waals surface area contributed by atoms with Gasteiger partial charge in [0.25, 0.3) is 0 Å². The second-order valence-electron chi connectivity index (χ2n) is 7.14. The Kier molecular flexibility index (Phi) is 16.0. The van der Waals surface area contributed by atoms with Crippen LogP contribution in [0.5, 0.6) is 0 Å². The van der Waals surface area contributed by atoms with Gasteiger partial charge in [-0.1, -0.05) is 61.4 Å². The van der Waals surface area contributed by atoms with Crippen molar-refractivity contribution in [2.24, 2.45) is 0 Å². The van der Waals surface area contributed by atoms with E-state index in [-0.39, 0.29) is 25.4 Å². The third-order valence-corrected chi connectivity index (χ3v) is 5.03. The Morgan fingerprint density at radius 2 is 1.45 bits per heavy atom. The molecule has 0 heterocycles. The Hall–Kier alpha value is -0.440. The van der Waals surface area contributed by atoms with E-state index in [9.17, 15) is 26.7 Å². The first-order valence-corrected chi connectivity index (χ1v) is 11.6. The smallest absolute Gasteiger partial charge is 0.453 e. The molecule has 9 heteroatoms. The van der Waals surface area contributed by atoms with Gasteiger partial charge >= 0.3 is 18.1 Å². The summed E-state index contributed by atoms with van der Waals surface area (Å²) in [7, 11) is 0. The van der Waals surface area contributed by atoms with Gasteiger partial charge in [0.1, 0.15) is 0 Å². The number of carbonyl (C=O) groups excluding carboxylic acids is 1. The van der Waals surface area contributed by atoms with Crippen LogP contribution in [0, 0.1) is 0 Å². The van der Waals surface area contributed by atoms with Gasteiger partial charge in [-0.3, -0.25) is 0 Å². The molecule has 0 spiro atoms. The van der Waals surface area contributed by atoms with Crippen LogP contribution in [0.2, 0.25) is 0 Å². The highest BCUT2D eigenvalue weighted by atomic mass is 79.9. The number of carbonyl (C=O) groups is 1. The fourth-order valence-corrected chi connectivity index (χ4v) is 3.04. The summed E-state index contributed by atoms with van der Waals surface area (Å²) in [5.41, 5.74) is 0. The first kappa shape index (κ1) is 28.6. The van der Waals surface area contributed by atoms with E-state index >= 15 is 0 Å². The van der Waals surface area contributed by atoms with E-state index in [2.05, 4.69) is 15.9 Å². The van der Waals surface area contributed by atoms with E-state index in [1.54, 1.807) is 0 Å². The van der Waals surface area contributed by atoms with Gasteiger partial charge in [-0.2, -0.15) is 22.0 Å². The van der Waals surface area contributed by atoms with Crippen molar-refractivity contribution in [3.05, 3.63) is 0 Å². The fraction of sp³-hybridized carbons (Fsp3) is 0.950. The second-order valence-corrected chi connectivity index (χ2v) is 7.93. The van der Waals surface area contributed by atoms with Crippen LogP contribution >= 0.6 is 15.9 Å². The van der Waals surface area contributed by atoms with Crippen molar-refractivity contribution in [3.8, 4) is 0 Å². The summed E-state index contributed by atoms with van der Waals surface area (Å²) in [4.78, 5) is 12.2. The molecule has 29 heavy (non-hydrogen) atoms. The lowest BCUT2D eigenvalue weighted by Crippen LogP contribution is -2.36. The summed E-state index contributed by atoms with van der Waals surface area (Å²) in [6, 6.07) is 0. The summed E-state index contributed by atoms with van der Waals surface area (Å²) >= 11 is 3.36. The van der Waals surface area contributed by atoms with Gasteiger partial charge in [0.2, 0.25) is 0 Å². The van der Waals surface area contributed by atoms with Crippen molar-refractivity contribution < 1.29 is 36.2 Å². The molecule has 0 aromatic rings. The van der Waals surface area contributed by atoms with Crippen LogP contribution in [0.3, 0.4) is 0 Å². The molecule has 174 valence electrons. The SMILES string of the molecule is CCCCC(OCCCCCCC(F)(F)C(F)(F)F)C(=O)OCCCCCCBr. The number of esters is 1. The third kappa shape index (κ3) is 14.2. The number of ether oxygens (including phenoxy) is 2. The molecule has 0 saturated heterocycles. The van der Waals surface area contributed by atoms with E-state index in [0.29, 0.717) is 25.9 Å². The lowest BCUT2D eigenvalue weighted by Gasteiger charge is -2.19. The lowest BCUT2D eigenvalue weighted by molar-refractivity contribution is -0.284. The average molecular weight is 497 g/mol. The zero-order valence-electron chi connectivity index (χ0n) is 17.2. The van der Waals surface area contributed by atoms with E-state index in [0.717, 1.165) is 43.9 Å². The molecule has 1 atom stereocenters. The van der Waals surface area contributed by atoms with Gasteiger partial charge in [-0.05, 0) is 32.1 Å². The van der Waals surface area contributed by atoms with Crippen LogP contribution in [-0.4, -0.2) is 42.7 Å². The highest BCUT2D eigenvalue weighted by Gasteiger charge is 2.56. The van der Waals surface area contributed by atoms with Gasteiger partial charge in [0.05, 0.1) is 6.61 Å². The van der Waals surface area contributed by atoms with Gasteiger partial charge in [0, 0.05) is 18.4 Å². The van der Waals surface area contributed by atoms with Crippen LogP contribution in [0.25, 0.3) is 0 Å². The fourth-order valence-electron chi connectivity index (χ4n) is 2.64. The minimum Gasteiger partial charge on any atom is -0.464 e. The molecule has 0 radical (unpaired) electrons. The van der Waals surface area contributed by atoms with Gasteiger partial charge in [-0.15, -0.1) is 0 Å². The van der Waals surface area contributed by atoms with Crippen molar-refractivity contribution in [3.63, 3.8) is 0 Å². The molecule has 3 nitrogen and oxygen atoms in total. The molecule has 0 aliphatic rings. The third-order valence-electron chi connectivity index (χ3n) is 4.47. The minimum absolute atomic E-state index is 0.205. The Morgan fingerprint density at radius 1 is 0.862 bits per heavy atom. The molecule has 0 aromatic heterocycles. The van der Waals surface area contributed by atoms with E-state index in [1.165, 1.54) is 0 Å².